The van der Waals surface area contributed by atoms with Crippen LogP contribution in [0.5, 0.6) is 0 Å². The first-order valence-electron chi connectivity index (χ1n) is 6.98. The maximum Gasteiger partial charge on any atom is 0.0672 e. The molecule has 0 aromatic rings. The summed E-state index contributed by atoms with van der Waals surface area (Å²) in [6, 6.07) is 3.13. The van der Waals surface area contributed by atoms with E-state index in [0.29, 0.717) is 12.0 Å². The van der Waals surface area contributed by atoms with Gasteiger partial charge in [0.1, 0.15) is 0 Å². The van der Waals surface area contributed by atoms with Gasteiger partial charge in [0.15, 0.2) is 0 Å². The molecule has 2 fully saturated rings. The van der Waals surface area contributed by atoms with Crippen LogP contribution in [0, 0.1) is 23.2 Å². The van der Waals surface area contributed by atoms with Crippen LogP contribution in [-0.4, -0.2) is 24.0 Å². The van der Waals surface area contributed by atoms with Crippen molar-refractivity contribution in [2.75, 3.05) is 13.1 Å². The van der Waals surface area contributed by atoms with Crippen molar-refractivity contribution in [3.63, 3.8) is 0 Å². The van der Waals surface area contributed by atoms with Crippen molar-refractivity contribution in [2.24, 2.45) is 11.8 Å². The molecule has 90 valence electrons. The second kappa shape index (κ2) is 5.68. The zero-order valence-electron chi connectivity index (χ0n) is 10.5. The van der Waals surface area contributed by atoms with Crippen molar-refractivity contribution < 1.29 is 0 Å². The molecule has 0 bridgehead atoms. The summed E-state index contributed by atoms with van der Waals surface area (Å²) < 4.78 is 0. The second-order valence-electron chi connectivity index (χ2n) is 5.51. The van der Waals surface area contributed by atoms with Crippen LogP contribution in [0.25, 0.3) is 0 Å². The molecule has 2 aliphatic rings. The lowest BCUT2D eigenvalue weighted by molar-refractivity contribution is 0.120. The van der Waals surface area contributed by atoms with Gasteiger partial charge in [-0.15, -0.1) is 0 Å². The van der Waals surface area contributed by atoms with Gasteiger partial charge in [0, 0.05) is 6.04 Å². The minimum Gasteiger partial charge on any atom is -0.299 e. The van der Waals surface area contributed by atoms with E-state index in [-0.39, 0.29) is 0 Å². The zero-order chi connectivity index (χ0) is 11.4. The average molecular weight is 220 g/mol. The van der Waals surface area contributed by atoms with Crippen LogP contribution < -0.4 is 0 Å². The van der Waals surface area contributed by atoms with Crippen molar-refractivity contribution in [2.45, 2.75) is 57.9 Å². The normalized spacial score (nSPS) is 36.1. The first-order valence-corrected chi connectivity index (χ1v) is 6.98. The molecule has 0 aromatic carbocycles. The Labute approximate surface area is 99.6 Å². The minimum atomic E-state index is 0.311. The van der Waals surface area contributed by atoms with Crippen molar-refractivity contribution in [3.05, 3.63) is 0 Å². The van der Waals surface area contributed by atoms with Gasteiger partial charge in [-0.05, 0) is 51.1 Å². The smallest absolute Gasteiger partial charge is 0.0672 e. The van der Waals surface area contributed by atoms with Crippen LogP contribution in [0.2, 0.25) is 0 Å². The third-order valence-electron chi connectivity index (χ3n) is 4.40. The summed E-state index contributed by atoms with van der Waals surface area (Å²) in [4.78, 5) is 2.59. The zero-order valence-corrected chi connectivity index (χ0v) is 10.5. The van der Waals surface area contributed by atoms with E-state index in [9.17, 15) is 5.26 Å². The van der Waals surface area contributed by atoms with Gasteiger partial charge in [0.05, 0.1) is 12.0 Å². The highest BCUT2D eigenvalue weighted by molar-refractivity contribution is 4.98. The molecular formula is C14H24N2. The Morgan fingerprint density at radius 2 is 2.00 bits per heavy atom. The molecule has 3 atom stereocenters. The number of likely N-dealkylation sites (tertiary alicyclic amines) is 1. The molecule has 2 heteroatoms. The van der Waals surface area contributed by atoms with E-state index >= 15 is 0 Å². The molecule has 1 heterocycles. The van der Waals surface area contributed by atoms with E-state index in [2.05, 4.69) is 17.9 Å². The van der Waals surface area contributed by atoms with Gasteiger partial charge in [0.2, 0.25) is 0 Å². The second-order valence-corrected chi connectivity index (χ2v) is 5.51. The molecule has 0 amide bonds. The fourth-order valence-electron chi connectivity index (χ4n) is 3.53. The highest BCUT2D eigenvalue weighted by atomic mass is 15.2. The highest BCUT2D eigenvalue weighted by Gasteiger charge is 2.34. The Bertz CT molecular complexity index is 250. The van der Waals surface area contributed by atoms with Crippen molar-refractivity contribution in [1.29, 1.82) is 5.26 Å². The number of nitrogens with zero attached hydrogens (tertiary/aromatic N) is 2. The Kier molecular flexibility index (Phi) is 4.23. The van der Waals surface area contributed by atoms with E-state index in [1.165, 1.54) is 51.6 Å². The maximum absolute atomic E-state index is 9.26. The first kappa shape index (κ1) is 11.9. The SMILES string of the molecule is CCCC1CCC(C#N)C(N2CCCC2)C1. The fourth-order valence-corrected chi connectivity index (χ4v) is 3.53. The predicted molar refractivity (Wildman–Crippen MR) is 65.9 cm³/mol. The molecule has 1 aliphatic carbocycles. The standard InChI is InChI=1S/C14H24N2/c1-2-5-12-6-7-13(11-15)14(10-12)16-8-3-4-9-16/h12-14H,2-10H2,1H3. The largest absolute Gasteiger partial charge is 0.299 e. The van der Waals surface area contributed by atoms with Crippen LogP contribution in [0.3, 0.4) is 0 Å². The summed E-state index contributed by atoms with van der Waals surface area (Å²) in [5.41, 5.74) is 0. The van der Waals surface area contributed by atoms with Gasteiger partial charge in [-0.25, -0.2) is 0 Å². The Morgan fingerprint density at radius 1 is 1.25 bits per heavy atom. The number of hydrogen-bond donors (Lipinski definition) is 0. The van der Waals surface area contributed by atoms with Crippen molar-refractivity contribution >= 4 is 0 Å². The lowest BCUT2D eigenvalue weighted by Crippen LogP contribution is -2.42. The summed E-state index contributed by atoms with van der Waals surface area (Å²) in [7, 11) is 0. The number of nitriles is 1. The Balaban J connectivity index is 1.96. The monoisotopic (exact) mass is 220 g/mol. The van der Waals surface area contributed by atoms with E-state index < -0.39 is 0 Å². The van der Waals surface area contributed by atoms with Crippen molar-refractivity contribution in [1.82, 2.24) is 4.90 Å². The number of hydrogen-bond acceptors (Lipinski definition) is 2. The van der Waals surface area contributed by atoms with Crippen LogP contribution in [0.1, 0.15) is 51.9 Å². The van der Waals surface area contributed by atoms with E-state index in [4.69, 9.17) is 0 Å². The molecule has 1 saturated heterocycles. The quantitative estimate of drug-likeness (QED) is 0.730. The van der Waals surface area contributed by atoms with Crippen LogP contribution in [-0.2, 0) is 0 Å². The van der Waals surface area contributed by atoms with E-state index in [1.807, 2.05) is 0 Å². The molecule has 3 unspecified atom stereocenters. The lowest BCUT2D eigenvalue weighted by Gasteiger charge is -2.38. The molecule has 16 heavy (non-hydrogen) atoms. The lowest BCUT2D eigenvalue weighted by atomic mass is 9.76. The van der Waals surface area contributed by atoms with Gasteiger partial charge in [-0.2, -0.15) is 5.26 Å². The summed E-state index contributed by atoms with van der Waals surface area (Å²) in [5.74, 6) is 1.20. The topological polar surface area (TPSA) is 27.0 Å². The maximum atomic E-state index is 9.26. The van der Waals surface area contributed by atoms with Gasteiger partial charge in [0.25, 0.3) is 0 Å². The Morgan fingerprint density at radius 3 is 2.62 bits per heavy atom. The summed E-state index contributed by atoms with van der Waals surface area (Å²) in [6.45, 7) is 4.75. The molecule has 0 radical (unpaired) electrons. The van der Waals surface area contributed by atoms with E-state index in [1.54, 1.807) is 0 Å². The van der Waals surface area contributed by atoms with Gasteiger partial charge >= 0.3 is 0 Å². The molecule has 2 nitrogen and oxygen atoms in total. The summed E-state index contributed by atoms with van der Waals surface area (Å²) >= 11 is 0. The average Bonchev–Trinajstić information content (AvgIpc) is 2.83. The van der Waals surface area contributed by atoms with Crippen LogP contribution in [0.15, 0.2) is 0 Å². The molecule has 0 spiro atoms. The van der Waals surface area contributed by atoms with Gasteiger partial charge < -0.3 is 0 Å². The molecule has 1 aliphatic heterocycles. The third-order valence-corrected chi connectivity index (χ3v) is 4.40. The highest BCUT2D eigenvalue weighted by Crippen LogP contribution is 2.35. The number of rotatable bonds is 3. The molecule has 0 aromatic heterocycles. The van der Waals surface area contributed by atoms with Crippen LogP contribution in [0.4, 0.5) is 0 Å². The molecular weight excluding hydrogens is 196 g/mol. The third kappa shape index (κ3) is 2.58. The van der Waals surface area contributed by atoms with E-state index in [0.717, 1.165) is 12.3 Å². The molecule has 0 N–H and O–H groups in total. The fraction of sp³-hybridized carbons (Fsp3) is 0.929. The minimum absolute atomic E-state index is 0.311. The molecule has 1 saturated carbocycles. The summed E-state index contributed by atoms with van der Waals surface area (Å²) in [5, 5.41) is 9.26. The van der Waals surface area contributed by atoms with Crippen LogP contribution >= 0.6 is 0 Å². The van der Waals surface area contributed by atoms with Gasteiger partial charge in [-0.3, -0.25) is 4.90 Å². The molecule has 2 rings (SSSR count). The predicted octanol–water partition coefficient (Wildman–Crippen LogP) is 3.19. The van der Waals surface area contributed by atoms with Gasteiger partial charge in [-0.1, -0.05) is 19.8 Å². The Hall–Kier alpha value is -0.550. The first-order chi connectivity index (χ1) is 7.85. The van der Waals surface area contributed by atoms with Crippen molar-refractivity contribution in [3.8, 4) is 6.07 Å². The summed E-state index contributed by atoms with van der Waals surface area (Å²) in [6.07, 6.45) is 9.06.